The molecular weight excluding hydrogens is 240 g/mol. The number of hydrogen-bond donors (Lipinski definition) is 2. The third kappa shape index (κ3) is 4.80. The SMILES string of the molecule is N[C@@H](CC1CCCCC1)[C@H](O)COc1ccccn1. The van der Waals surface area contributed by atoms with Crippen LogP contribution in [-0.2, 0) is 0 Å². The average molecular weight is 264 g/mol. The number of aliphatic hydroxyl groups excluding tert-OH is 1. The Morgan fingerprint density at radius 2 is 2.11 bits per heavy atom. The molecule has 106 valence electrons. The lowest BCUT2D eigenvalue weighted by atomic mass is 9.84. The molecular formula is C15H24N2O2. The van der Waals surface area contributed by atoms with Crippen LogP contribution in [0, 0.1) is 5.92 Å². The van der Waals surface area contributed by atoms with Gasteiger partial charge in [0.05, 0.1) is 0 Å². The first-order valence-corrected chi connectivity index (χ1v) is 7.23. The van der Waals surface area contributed by atoms with Crippen LogP contribution in [0.1, 0.15) is 38.5 Å². The lowest BCUT2D eigenvalue weighted by Crippen LogP contribution is -2.40. The van der Waals surface area contributed by atoms with Gasteiger partial charge in [0, 0.05) is 18.3 Å². The largest absolute Gasteiger partial charge is 0.475 e. The van der Waals surface area contributed by atoms with Crippen molar-refractivity contribution in [1.82, 2.24) is 4.98 Å². The van der Waals surface area contributed by atoms with E-state index in [1.54, 1.807) is 12.3 Å². The highest BCUT2D eigenvalue weighted by atomic mass is 16.5. The summed E-state index contributed by atoms with van der Waals surface area (Å²) >= 11 is 0. The summed E-state index contributed by atoms with van der Waals surface area (Å²) in [7, 11) is 0. The van der Waals surface area contributed by atoms with Crippen LogP contribution in [-0.4, -0.2) is 28.8 Å². The fourth-order valence-electron chi connectivity index (χ4n) is 2.69. The molecule has 4 nitrogen and oxygen atoms in total. The van der Waals surface area contributed by atoms with Crippen LogP contribution in [0.2, 0.25) is 0 Å². The summed E-state index contributed by atoms with van der Waals surface area (Å²) in [5, 5.41) is 10.0. The van der Waals surface area contributed by atoms with Crippen molar-refractivity contribution < 1.29 is 9.84 Å². The molecule has 0 radical (unpaired) electrons. The van der Waals surface area contributed by atoms with E-state index >= 15 is 0 Å². The second-order valence-corrected chi connectivity index (χ2v) is 5.45. The molecule has 0 spiro atoms. The minimum atomic E-state index is -0.621. The minimum absolute atomic E-state index is 0.202. The van der Waals surface area contributed by atoms with E-state index < -0.39 is 6.10 Å². The Hall–Kier alpha value is -1.13. The molecule has 0 aliphatic heterocycles. The first kappa shape index (κ1) is 14.3. The molecule has 1 aliphatic rings. The maximum atomic E-state index is 10.0. The number of nitrogens with two attached hydrogens (primary N) is 1. The van der Waals surface area contributed by atoms with Gasteiger partial charge < -0.3 is 15.6 Å². The number of hydrogen-bond acceptors (Lipinski definition) is 4. The van der Waals surface area contributed by atoms with Gasteiger partial charge in [-0.25, -0.2) is 4.98 Å². The highest BCUT2D eigenvalue weighted by molar-refractivity contribution is 5.09. The summed E-state index contributed by atoms with van der Waals surface area (Å²) in [5.74, 6) is 1.21. The van der Waals surface area contributed by atoms with E-state index in [0.29, 0.717) is 11.8 Å². The molecule has 0 aromatic carbocycles. The van der Waals surface area contributed by atoms with Gasteiger partial charge in [-0.15, -0.1) is 0 Å². The lowest BCUT2D eigenvalue weighted by molar-refractivity contribution is 0.0728. The van der Waals surface area contributed by atoms with E-state index in [-0.39, 0.29) is 12.6 Å². The quantitative estimate of drug-likeness (QED) is 0.826. The number of aliphatic hydroxyl groups is 1. The smallest absolute Gasteiger partial charge is 0.213 e. The molecule has 1 aromatic heterocycles. The molecule has 2 rings (SSSR count). The molecule has 1 aromatic rings. The minimum Gasteiger partial charge on any atom is -0.475 e. The summed E-state index contributed by atoms with van der Waals surface area (Å²) in [6.45, 7) is 0.213. The Bertz CT molecular complexity index is 352. The van der Waals surface area contributed by atoms with E-state index in [9.17, 15) is 5.11 Å². The van der Waals surface area contributed by atoms with Gasteiger partial charge in [0.1, 0.15) is 12.7 Å². The van der Waals surface area contributed by atoms with Crippen LogP contribution in [0.3, 0.4) is 0 Å². The molecule has 4 heteroatoms. The van der Waals surface area contributed by atoms with Gasteiger partial charge in [0.2, 0.25) is 5.88 Å². The van der Waals surface area contributed by atoms with E-state index in [1.165, 1.54) is 32.1 Å². The third-order valence-electron chi connectivity index (χ3n) is 3.86. The van der Waals surface area contributed by atoms with E-state index in [2.05, 4.69) is 4.98 Å². The van der Waals surface area contributed by atoms with Gasteiger partial charge in [0.25, 0.3) is 0 Å². The van der Waals surface area contributed by atoms with Gasteiger partial charge in [0.15, 0.2) is 0 Å². The van der Waals surface area contributed by atoms with Gasteiger partial charge in [-0.3, -0.25) is 0 Å². The Labute approximate surface area is 115 Å². The van der Waals surface area contributed by atoms with Crippen LogP contribution < -0.4 is 10.5 Å². The van der Waals surface area contributed by atoms with Crippen LogP contribution in [0.15, 0.2) is 24.4 Å². The fourth-order valence-corrected chi connectivity index (χ4v) is 2.69. The Morgan fingerprint density at radius 3 is 2.79 bits per heavy atom. The van der Waals surface area contributed by atoms with E-state index in [1.807, 2.05) is 12.1 Å². The van der Waals surface area contributed by atoms with Crippen molar-refractivity contribution in [3.05, 3.63) is 24.4 Å². The molecule has 1 heterocycles. The van der Waals surface area contributed by atoms with Crippen molar-refractivity contribution in [2.45, 2.75) is 50.7 Å². The van der Waals surface area contributed by atoms with Gasteiger partial charge in [-0.2, -0.15) is 0 Å². The Kier molecular flexibility index (Phi) is 5.61. The highest BCUT2D eigenvalue weighted by Gasteiger charge is 2.22. The van der Waals surface area contributed by atoms with Crippen LogP contribution >= 0.6 is 0 Å². The molecule has 1 aliphatic carbocycles. The Morgan fingerprint density at radius 1 is 1.32 bits per heavy atom. The summed E-state index contributed by atoms with van der Waals surface area (Å²) in [4.78, 5) is 4.05. The molecule has 0 bridgehead atoms. The number of nitrogens with zero attached hydrogens (tertiary/aromatic N) is 1. The summed E-state index contributed by atoms with van der Waals surface area (Å²) in [5.41, 5.74) is 6.06. The van der Waals surface area contributed by atoms with Crippen molar-refractivity contribution in [2.24, 2.45) is 11.7 Å². The standard InChI is InChI=1S/C15H24N2O2/c16-13(10-12-6-2-1-3-7-12)14(18)11-19-15-8-4-5-9-17-15/h4-5,8-9,12-14,18H,1-3,6-7,10-11,16H2/t13-,14+/m0/s1. The molecule has 2 atom stereocenters. The van der Waals surface area contributed by atoms with Crippen molar-refractivity contribution in [1.29, 1.82) is 0 Å². The molecule has 0 saturated heterocycles. The zero-order valence-corrected chi connectivity index (χ0v) is 11.4. The molecule has 3 N–H and O–H groups in total. The highest BCUT2D eigenvalue weighted by Crippen LogP contribution is 2.27. The van der Waals surface area contributed by atoms with Crippen molar-refractivity contribution in [3.8, 4) is 5.88 Å². The summed E-state index contributed by atoms with van der Waals surface area (Å²) < 4.78 is 5.44. The van der Waals surface area contributed by atoms with E-state index in [4.69, 9.17) is 10.5 Å². The normalized spacial score (nSPS) is 19.9. The zero-order chi connectivity index (χ0) is 13.5. The maximum Gasteiger partial charge on any atom is 0.213 e. The maximum absolute atomic E-state index is 10.0. The molecule has 19 heavy (non-hydrogen) atoms. The van der Waals surface area contributed by atoms with Crippen molar-refractivity contribution in [3.63, 3.8) is 0 Å². The predicted molar refractivity (Wildman–Crippen MR) is 74.9 cm³/mol. The molecule has 0 amide bonds. The van der Waals surface area contributed by atoms with Gasteiger partial charge >= 0.3 is 0 Å². The second-order valence-electron chi connectivity index (χ2n) is 5.45. The van der Waals surface area contributed by atoms with Crippen LogP contribution in [0.4, 0.5) is 0 Å². The van der Waals surface area contributed by atoms with Crippen LogP contribution in [0.25, 0.3) is 0 Å². The molecule has 1 saturated carbocycles. The van der Waals surface area contributed by atoms with Crippen LogP contribution in [0.5, 0.6) is 5.88 Å². The topological polar surface area (TPSA) is 68.4 Å². The first-order chi connectivity index (χ1) is 9.25. The Balaban J connectivity index is 1.71. The van der Waals surface area contributed by atoms with Gasteiger partial charge in [-0.1, -0.05) is 38.2 Å². The first-order valence-electron chi connectivity index (χ1n) is 7.23. The van der Waals surface area contributed by atoms with Crippen molar-refractivity contribution >= 4 is 0 Å². The van der Waals surface area contributed by atoms with Crippen molar-refractivity contribution in [2.75, 3.05) is 6.61 Å². The second kappa shape index (κ2) is 7.46. The molecule has 0 unspecified atom stereocenters. The summed E-state index contributed by atoms with van der Waals surface area (Å²) in [6, 6.07) is 5.26. The number of ether oxygens (including phenoxy) is 1. The van der Waals surface area contributed by atoms with Gasteiger partial charge in [-0.05, 0) is 18.4 Å². The lowest BCUT2D eigenvalue weighted by Gasteiger charge is -2.26. The average Bonchev–Trinajstić information content (AvgIpc) is 2.47. The number of rotatable bonds is 6. The number of aromatic nitrogens is 1. The monoisotopic (exact) mass is 264 g/mol. The third-order valence-corrected chi connectivity index (χ3v) is 3.86. The fraction of sp³-hybridized carbons (Fsp3) is 0.667. The number of pyridine rings is 1. The van der Waals surface area contributed by atoms with E-state index in [0.717, 1.165) is 6.42 Å². The zero-order valence-electron chi connectivity index (χ0n) is 11.4. The molecule has 1 fully saturated rings. The summed E-state index contributed by atoms with van der Waals surface area (Å²) in [6.07, 6.45) is 8.40. The predicted octanol–water partition coefficient (Wildman–Crippen LogP) is 2.12.